The summed E-state index contributed by atoms with van der Waals surface area (Å²) in [6, 6.07) is 8.84. The van der Waals surface area contributed by atoms with Gasteiger partial charge in [0.05, 0.1) is 12.3 Å². The van der Waals surface area contributed by atoms with Crippen LogP contribution in [0.2, 0.25) is 0 Å². The number of hydrogen-bond acceptors (Lipinski definition) is 3. The number of para-hydroxylation sites is 2. The smallest absolute Gasteiger partial charge is 0.142 e. The van der Waals surface area contributed by atoms with Crippen molar-refractivity contribution in [2.24, 2.45) is 0 Å². The molecule has 1 aliphatic heterocycles. The van der Waals surface area contributed by atoms with Crippen molar-refractivity contribution >= 4 is 5.69 Å². The van der Waals surface area contributed by atoms with Gasteiger partial charge in [-0.15, -0.1) is 0 Å². The first kappa shape index (κ1) is 12.2. The molecule has 0 spiro atoms. The molecule has 1 aliphatic rings. The molecule has 0 saturated heterocycles. The predicted octanol–water partition coefficient (Wildman–Crippen LogP) is 2.27. The van der Waals surface area contributed by atoms with Crippen LogP contribution in [0.5, 0.6) is 5.75 Å². The lowest BCUT2D eigenvalue weighted by Gasteiger charge is -2.27. The maximum atomic E-state index is 5.76. The molecule has 17 heavy (non-hydrogen) atoms. The lowest BCUT2D eigenvalue weighted by atomic mass is 10.2. The molecule has 1 aromatic carbocycles. The third-order valence-electron chi connectivity index (χ3n) is 3.08. The lowest BCUT2D eigenvalue weighted by molar-refractivity contribution is 0.322. The third kappa shape index (κ3) is 3.13. The van der Waals surface area contributed by atoms with Gasteiger partial charge in [-0.2, -0.15) is 0 Å². The van der Waals surface area contributed by atoms with E-state index in [9.17, 15) is 0 Å². The van der Waals surface area contributed by atoms with Crippen LogP contribution in [0, 0.1) is 0 Å². The summed E-state index contributed by atoms with van der Waals surface area (Å²) >= 11 is 0. The molecular weight excluding hydrogens is 212 g/mol. The van der Waals surface area contributed by atoms with Crippen LogP contribution in [-0.2, 0) is 0 Å². The molecule has 0 radical (unpaired) electrons. The third-order valence-corrected chi connectivity index (χ3v) is 3.08. The molecule has 1 heterocycles. The number of anilines is 1. The standard InChI is InChI=1S/C14H22N2O/c1-3-15-12(2)11-16-9-6-10-17-14-8-5-4-7-13(14)16/h4-5,7-8,12,15H,3,6,9-11H2,1-2H3. The number of nitrogens with one attached hydrogen (secondary N) is 1. The predicted molar refractivity (Wildman–Crippen MR) is 71.9 cm³/mol. The van der Waals surface area contributed by atoms with Crippen LogP contribution in [0.3, 0.4) is 0 Å². The summed E-state index contributed by atoms with van der Waals surface area (Å²) in [5.41, 5.74) is 1.23. The van der Waals surface area contributed by atoms with Crippen molar-refractivity contribution in [1.29, 1.82) is 0 Å². The Balaban J connectivity index is 2.11. The van der Waals surface area contributed by atoms with Crippen LogP contribution in [0.1, 0.15) is 20.3 Å². The highest BCUT2D eigenvalue weighted by Gasteiger charge is 2.17. The fourth-order valence-electron chi connectivity index (χ4n) is 2.33. The second-order valence-corrected chi connectivity index (χ2v) is 4.57. The summed E-state index contributed by atoms with van der Waals surface area (Å²) in [4.78, 5) is 2.43. The molecular formula is C14H22N2O. The first-order valence-electron chi connectivity index (χ1n) is 6.51. The van der Waals surface area contributed by atoms with Gasteiger partial charge in [-0.05, 0) is 32.0 Å². The Labute approximate surface area is 104 Å². The summed E-state index contributed by atoms with van der Waals surface area (Å²) in [5.74, 6) is 1.02. The van der Waals surface area contributed by atoms with Gasteiger partial charge < -0.3 is 15.0 Å². The molecule has 94 valence electrons. The maximum Gasteiger partial charge on any atom is 0.142 e. The number of nitrogens with zero attached hydrogens (tertiary/aromatic N) is 1. The highest BCUT2D eigenvalue weighted by Crippen LogP contribution is 2.30. The van der Waals surface area contributed by atoms with Crippen molar-refractivity contribution in [3.05, 3.63) is 24.3 Å². The van der Waals surface area contributed by atoms with E-state index in [1.54, 1.807) is 0 Å². The van der Waals surface area contributed by atoms with E-state index >= 15 is 0 Å². The fraction of sp³-hybridized carbons (Fsp3) is 0.571. The van der Waals surface area contributed by atoms with E-state index in [4.69, 9.17) is 4.74 Å². The summed E-state index contributed by atoms with van der Waals surface area (Å²) in [6.45, 7) is 8.34. The van der Waals surface area contributed by atoms with Crippen LogP contribution < -0.4 is 15.0 Å². The Hall–Kier alpha value is -1.22. The van der Waals surface area contributed by atoms with Crippen LogP contribution in [-0.4, -0.2) is 32.3 Å². The minimum absolute atomic E-state index is 0.506. The van der Waals surface area contributed by atoms with E-state index in [2.05, 4.69) is 42.3 Å². The fourth-order valence-corrected chi connectivity index (χ4v) is 2.33. The Kier molecular flexibility index (Phi) is 4.26. The zero-order valence-electron chi connectivity index (χ0n) is 10.8. The van der Waals surface area contributed by atoms with Gasteiger partial charge in [0, 0.05) is 19.1 Å². The van der Waals surface area contributed by atoms with E-state index in [1.807, 2.05) is 6.07 Å². The average molecular weight is 234 g/mol. The van der Waals surface area contributed by atoms with Crippen molar-refractivity contribution in [3.63, 3.8) is 0 Å². The highest BCUT2D eigenvalue weighted by molar-refractivity contribution is 5.59. The minimum atomic E-state index is 0.506. The lowest BCUT2D eigenvalue weighted by Crippen LogP contribution is -2.39. The molecule has 0 saturated carbocycles. The summed E-state index contributed by atoms with van der Waals surface area (Å²) in [6.07, 6.45) is 1.09. The van der Waals surface area contributed by atoms with Gasteiger partial charge in [0.1, 0.15) is 5.75 Å². The van der Waals surface area contributed by atoms with Gasteiger partial charge in [-0.1, -0.05) is 19.1 Å². The van der Waals surface area contributed by atoms with Gasteiger partial charge in [0.15, 0.2) is 0 Å². The second-order valence-electron chi connectivity index (χ2n) is 4.57. The van der Waals surface area contributed by atoms with Crippen molar-refractivity contribution in [1.82, 2.24) is 5.32 Å². The van der Waals surface area contributed by atoms with Crippen LogP contribution in [0.25, 0.3) is 0 Å². The number of ether oxygens (including phenoxy) is 1. The van der Waals surface area contributed by atoms with Crippen LogP contribution in [0.15, 0.2) is 24.3 Å². The largest absolute Gasteiger partial charge is 0.491 e. The van der Waals surface area contributed by atoms with Gasteiger partial charge in [0.25, 0.3) is 0 Å². The summed E-state index contributed by atoms with van der Waals surface area (Å²) < 4.78 is 5.76. The van der Waals surface area contributed by atoms with Crippen molar-refractivity contribution in [2.45, 2.75) is 26.3 Å². The molecule has 0 aromatic heterocycles. The zero-order valence-corrected chi connectivity index (χ0v) is 10.8. The zero-order chi connectivity index (χ0) is 12.1. The molecule has 1 N–H and O–H groups in total. The van der Waals surface area contributed by atoms with E-state index in [0.29, 0.717) is 6.04 Å². The van der Waals surface area contributed by atoms with E-state index in [-0.39, 0.29) is 0 Å². The maximum absolute atomic E-state index is 5.76. The number of benzene rings is 1. The van der Waals surface area contributed by atoms with Gasteiger partial charge in [-0.25, -0.2) is 0 Å². The summed E-state index contributed by atoms with van der Waals surface area (Å²) in [5, 5.41) is 3.46. The molecule has 1 unspecified atom stereocenters. The van der Waals surface area contributed by atoms with Crippen LogP contribution >= 0.6 is 0 Å². The number of fused-ring (bicyclic) bond motifs is 1. The Morgan fingerprint density at radius 2 is 2.24 bits per heavy atom. The molecule has 1 atom stereocenters. The molecule has 0 bridgehead atoms. The minimum Gasteiger partial charge on any atom is -0.491 e. The van der Waals surface area contributed by atoms with Gasteiger partial charge in [-0.3, -0.25) is 0 Å². The van der Waals surface area contributed by atoms with Crippen molar-refractivity contribution < 1.29 is 4.74 Å². The number of hydrogen-bond donors (Lipinski definition) is 1. The first-order chi connectivity index (χ1) is 8.31. The molecule has 0 amide bonds. The van der Waals surface area contributed by atoms with E-state index in [1.165, 1.54) is 5.69 Å². The van der Waals surface area contributed by atoms with Crippen LogP contribution in [0.4, 0.5) is 5.69 Å². The molecule has 3 heteroatoms. The normalized spacial score (nSPS) is 16.9. The van der Waals surface area contributed by atoms with Gasteiger partial charge >= 0.3 is 0 Å². The SMILES string of the molecule is CCNC(C)CN1CCCOc2ccccc21. The Morgan fingerprint density at radius 1 is 1.41 bits per heavy atom. The monoisotopic (exact) mass is 234 g/mol. The van der Waals surface area contributed by atoms with E-state index in [0.717, 1.165) is 38.4 Å². The van der Waals surface area contributed by atoms with Crippen molar-refractivity contribution in [3.8, 4) is 5.75 Å². The Bertz CT molecular complexity index is 354. The quantitative estimate of drug-likeness (QED) is 0.865. The molecule has 2 rings (SSSR count). The average Bonchev–Trinajstić information content (AvgIpc) is 2.53. The highest BCUT2D eigenvalue weighted by atomic mass is 16.5. The molecule has 0 aliphatic carbocycles. The number of likely N-dealkylation sites (N-methyl/N-ethyl adjacent to an activating group) is 1. The first-order valence-corrected chi connectivity index (χ1v) is 6.51. The Morgan fingerprint density at radius 3 is 3.06 bits per heavy atom. The summed E-state index contributed by atoms with van der Waals surface area (Å²) in [7, 11) is 0. The molecule has 3 nitrogen and oxygen atoms in total. The second kappa shape index (κ2) is 5.92. The topological polar surface area (TPSA) is 24.5 Å². The molecule has 1 aromatic rings. The van der Waals surface area contributed by atoms with Gasteiger partial charge in [0.2, 0.25) is 0 Å². The van der Waals surface area contributed by atoms with Crippen molar-refractivity contribution in [2.75, 3.05) is 31.1 Å². The van der Waals surface area contributed by atoms with E-state index < -0.39 is 0 Å². The molecule has 0 fully saturated rings. The number of rotatable bonds is 4.